The predicted molar refractivity (Wildman–Crippen MR) is 131 cm³/mol. The normalized spacial score (nSPS) is 19.2. The molecule has 0 atom stereocenters. The van der Waals surface area contributed by atoms with E-state index in [1.807, 2.05) is 24.3 Å². The molecule has 0 aliphatic heterocycles. The van der Waals surface area contributed by atoms with Crippen molar-refractivity contribution in [2.24, 2.45) is 0 Å². The minimum absolute atomic E-state index is 0.0938. The van der Waals surface area contributed by atoms with Gasteiger partial charge in [-0.1, -0.05) is 63.2 Å². The number of aliphatic hydroxyl groups is 1. The third-order valence-electron chi connectivity index (χ3n) is 7.09. The van der Waals surface area contributed by atoms with Gasteiger partial charge in [0, 0.05) is 13.0 Å². The van der Waals surface area contributed by atoms with Crippen LogP contribution in [0, 0.1) is 11.6 Å². The largest absolute Gasteiger partial charge is 0.494 e. The molecule has 2 aromatic rings. The topological polar surface area (TPSA) is 29.5 Å². The summed E-state index contributed by atoms with van der Waals surface area (Å²) in [5, 5.41) is 9.49. The number of hydrogen-bond donors (Lipinski definition) is 1. The molecule has 1 fully saturated rings. The van der Waals surface area contributed by atoms with Gasteiger partial charge in [-0.15, -0.1) is 0 Å². The second-order valence-corrected chi connectivity index (χ2v) is 14.7. The lowest BCUT2D eigenvalue weighted by molar-refractivity contribution is 0.233. The van der Waals surface area contributed by atoms with Gasteiger partial charge in [0.05, 0.1) is 14.7 Å². The van der Waals surface area contributed by atoms with Gasteiger partial charge < -0.3 is 9.84 Å². The highest BCUT2D eigenvalue weighted by Gasteiger charge is 2.31. The number of ether oxygens (including phenoxy) is 1. The fourth-order valence-electron chi connectivity index (χ4n) is 4.98. The molecule has 0 radical (unpaired) electrons. The second-order valence-electron chi connectivity index (χ2n) is 9.86. The molecule has 2 nitrogen and oxygen atoms in total. The first-order chi connectivity index (χ1) is 15.4. The Balaban J connectivity index is 1.63. The van der Waals surface area contributed by atoms with Crippen LogP contribution in [-0.4, -0.2) is 26.4 Å². The van der Waals surface area contributed by atoms with Crippen LogP contribution in [0.4, 0.5) is 8.78 Å². The van der Waals surface area contributed by atoms with E-state index in [-0.39, 0.29) is 12.5 Å². The molecule has 0 spiro atoms. The van der Waals surface area contributed by atoms with Gasteiger partial charge in [-0.25, -0.2) is 8.78 Å². The van der Waals surface area contributed by atoms with Crippen molar-refractivity contribution in [2.45, 2.75) is 82.8 Å². The highest BCUT2D eigenvalue weighted by Crippen LogP contribution is 2.41. The summed E-state index contributed by atoms with van der Waals surface area (Å²) in [6.07, 6.45) is 6.51. The van der Waals surface area contributed by atoms with Crippen LogP contribution in [0.2, 0.25) is 19.1 Å². The highest BCUT2D eigenvalue weighted by atomic mass is 28.3. The predicted octanol–water partition coefficient (Wildman–Crippen LogP) is 6.88. The summed E-state index contributed by atoms with van der Waals surface area (Å²) in [4.78, 5) is 0. The standard InChI is InChI=1S/C27H38F2O2Si/c1-4-5-19-32(2,3)25-16-15-24(26(28)27(25)29)22-9-7-20(8-10-22)21-11-13-23(14-12-21)31-18-6-17-30/h11-16,20,22,30H,4-10,17-19H2,1-3H3. The summed E-state index contributed by atoms with van der Waals surface area (Å²) < 4.78 is 35.8. The Morgan fingerprint density at radius 2 is 1.56 bits per heavy atom. The molecule has 0 unspecified atom stereocenters. The molecule has 0 heterocycles. The summed E-state index contributed by atoms with van der Waals surface area (Å²) in [7, 11) is -1.96. The van der Waals surface area contributed by atoms with Gasteiger partial charge in [-0.3, -0.25) is 0 Å². The molecule has 176 valence electrons. The van der Waals surface area contributed by atoms with E-state index >= 15 is 8.78 Å². The molecule has 5 heteroatoms. The van der Waals surface area contributed by atoms with E-state index in [0.29, 0.717) is 29.7 Å². The van der Waals surface area contributed by atoms with Gasteiger partial charge in [0.25, 0.3) is 0 Å². The van der Waals surface area contributed by atoms with Crippen LogP contribution in [0.1, 0.15) is 74.8 Å². The molecule has 3 rings (SSSR count). The van der Waals surface area contributed by atoms with Gasteiger partial charge >= 0.3 is 0 Å². The number of halogens is 2. The lowest BCUT2D eigenvalue weighted by atomic mass is 9.76. The maximum Gasteiger partial charge on any atom is 0.162 e. The molecule has 1 aliphatic carbocycles. The van der Waals surface area contributed by atoms with Crippen LogP contribution in [-0.2, 0) is 0 Å². The quantitative estimate of drug-likeness (QED) is 0.309. The Morgan fingerprint density at radius 3 is 2.19 bits per heavy atom. The van der Waals surface area contributed by atoms with Crippen LogP contribution in [0.5, 0.6) is 5.75 Å². The first-order valence-electron chi connectivity index (χ1n) is 12.2. The van der Waals surface area contributed by atoms with E-state index < -0.39 is 19.7 Å². The highest BCUT2D eigenvalue weighted by molar-refractivity contribution is 6.89. The maximum absolute atomic E-state index is 15.1. The zero-order chi connectivity index (χ0) is 23.1. The first kappa shape index (κ1) is 24.9. The lowest BCUT2D eigenvalue weighted by Crippen LogP contribution is -2.44. The molecule has 1 aliphatic rings. The molecule has 2 aromatic carbocycles. The summed E-state index contributed by atoms with van der Waals surface area (Å²) in [6, 6.07) is 12.9. The molecule has 1 N–H and O–H groups in total. The fourth-order valence-corrected chi connectivity index (χ4v) is 7.73. The molecule has 32 heavy (non-hydrogen) atoms. The Morgan fingerprint density at radius 1 is 0.906 bits per heavy atom. The summed E-state index contributed by atoms with van der Waals surface area (Å²) >= 11 is 0. The molecule has 0 amide bonds. The van der Waals surface area contributed by atoms with E-state index in [0.717, 1.165) is 50.3 Å². The molecule has 0 saturated heterocycles. The number of aliphatic hydroxyl groups excluding tert-OH is 1. The number of unbranched alkanes of at least 4 members (excludes halogenated alkanes) is 1. The van der Waals surface area contributed by atoms with Crippen LogP contribution in [0.25, 0.3) is 0 Å². The fraction of sp³-hybridized carbons (Fsp3) is 0.556. The van der Waals surface area contributed by atoms with Crippen molar-refractivity contribution in [3.05, 3.63) is 59.2 Å². The number of rotatable bonds is 10. The summed E-state index contributed by atoms with van der Waals surface area (Å²) in [5.41, 5.74) is 1.85. The van der Waals surface area contributed by atoms with Gasteiger partial charge in [-0.05, 0) is 66.0 Å². The third kappa shape index (κ3) is 5.99. The Bertz CT molecular complexity index is 859. The van der Waals surface area contributed by atoms with Gasteiger partial charge in [0.2, 0.25) is 0 Å². The van der Waals surface area contributed by atoms with Gasteiger partial charge in [-0.2, -0.15) is 0 Å². The zero-order valence-electron chi connectivity index (χ0n) is 19.8. The van der Waals surface area contributed by atoms with Crippen molar-refractivity contribution in [1.29, 1.82) is 0 Å². The number of benzene rings is 2. The minimum atomic E-state index is -1.96. The maximum atomic E-state index is 15.1. The van der Waals surface area contributed by atoms with Crippen LogP contribution in [0.15, 0.2) is 36.4 Å². The van der Waals surface area contributed by atoms with Crippen molar-refractivity contribution >= 4 is 13.3 Å². The molecule has 0 bridgehead atoms. The van der Waals surface area contributed by atoms with Crippen molar-refractivity contribution in [2.75, 3.05) is 13.2 Å². The van der Waals surface area contributed by atoms with Gasteiger partial charge in [0.1, 0.15) is 5.75 Å². The van der Waals surface area contributed by atoms with Crippen molar-refractivity contribution in [3.8, 4) is 5.75 Å². The van der Waals surface area contributed by atoms with Crippen molar-refractivity contribution < 1.29 is 18.6 Å². The number of hydrogen-bond acceptors (Lipinski definition) is 2. The third-order valence-corrected chi connectivity index (χ3v) is 10.5. The monoisotopic (exact) mass is 460 g/mol. The average molecular weight is 461 g/mol. The van der Waals surface area contributed by atoms with E-state index in [1.165, 1.54) is 5.56 Å². The van der Waals surface area contributed by atoms with Gasteiger partial charge in [0.15, 0.2) is 11.6 Å². The average Bonchev–Trinajstić information content (AvgIpc) is 2.80. The first-order valence-corrected chi connectivity index (χ1v) is 15.4. The Hall–Kier alpha value is -1.72. The van der Waals surface area contributed by atoms with E-state index in [2.05, 4.69) is 32.2 Å². The van der Waals surface area contributed by atoms with Crippen LogP contribution >= 0.6 is 0 Å². The smallest absolute Gasteiger partial charge is 0.162 e. The van der Waals surface area contributed by atoms with E-state index in [1.54, 1.807) is 0 Å². The summed E-state index contributed by atoms with van der Waals surface area (Å²) in [5.74, 6) is 0.169. The van der Waals surface area contributed by atoms with Crippen molar-refractivity contribution in [1.82, 2.24) is 0 Å². The second kappa shape index (κ2) is 11.4. The molecule has 1 saturated carbocycles. The summed E-state index contributed by atoms with van der Waals surface area (Å²) in [6.45, 7) is 7.08. The van der Waals surface area contributed by atoms with Crippen LogP contribution in [0.3, 0.4) is 0 Å². The minimum Gasteiger partial charge on any atom is -0.494 e. The lowest BCUT2D eigenvalue weighted by Gasteiger charge is -2.30. The van der Waals surface area contributed by atoms with E-state index in [9.17, 15) is 0 Å². The molecular weight excluding hydrogens is 422 g/mol. The van der Waals surface area contributed by atoms with Crippen LogP contribution < -0.4 is 9.92 Å². The Kier molecular flexibility index (Phi) is 8.89. The Labute approximate surface area is 193 Å². The molecule has 0 aromatic heterocycles. The molecular formula is C27H38F2O2Si. The zero-order valence-corrected chi connectivity index (χ0v) is 20.8. The SMILES string of the molecule is CCCC[Si](C)(C)c1ccc(C2CCC(c3ccc(OCCCO)cc3)CC2)c(F)c1F. The van der Waals surface area contributed by atoms with E-state index in [4.69, 9.17) is 9.84 Å². The van der Waals surface area contributed by atoms with Crippen molar-refractivity contribution in [3.63, 3.8) is 0 Å².